The average molecular weight is 362 g/mol. The van der Waals surface area contributed by atoms with Crippen molar-refractivity contribution in [3.05, 3.63) is 59.7 Å². The Labute approximate surface area is 161 Å². The van der Waals surface area contributed by atoms with Crippen LogP contribution in [0.2, 0.25) is 0 Å². The van der Waals surface area contributed by atoms with Crippen LogP contribution >= 0.6 is 0 Å². The van der Waals surface area contributed by atoms with Crippen molar-refractivity contribution in [1.82, 2.24) is 0 Å². The van der Waals surface area contributed by atoms with Gasteiger partial charge in [-0.05, 0) is 37.1 Å². The third-order valence-corrected chi connectivity index (χ3v) is 5.15. The lowest BCUT2D eigenvalue weighted by Crippen LogP contribution is -2.27. The van der Waals surface area contributed by atoms with E-state index in [2.05, 4.69) is 12.1 Å². The van der Waals surface area contributed by atoms with Gasteiger partial charge in [0.1, 0.15) is 11.5 Å². The minimum Gasteiger partial charge on any atom is -0.493 e. The standard InChI is InChI=1S/C23H26N2O2/c1-5-12-22-18(8-1)16-24-20-10-3-4-11-21(20)25-17-19-9-2-6-13-23(19)27-15-7-14-26-22/h1-2,5-6,8-9,12-13,16-17,20-21H,3-4,7,10-11,14-15H2. The van der Waals surface area contributed by atoms with Crippen molar-refractivity contribution in [2.75, 3.05) is 13.2 Å². The number of para-hydroxylation sites is 2. The van der Waals surface area contributed by atoms with E-state index in [1.807, 2.05) is 48.8 Å². The summed E-state index contributed by atoms with van der Waals surface area (Å²) in [6.07, 6.45) is 9.36. The highest BCUT2D eigenvalue weighted by atomic mass is 16.5. The molecule has 1 heterocycles. The molecule has 140 valence electrons. The van der Waals surface area contributed by atoms with E-state index in [1.54, 1.807) is 0 Å². The van der Waals surface area contributed by atoms with E-state index < -0.39 is 0 Å². The summed E-state index contributed by atoms with van der Waals surface area (Å²) in [5.41, 5.74) is 2.06. The van der Waals surface area contributed by atoms with Gasteiger partial charge in [0.2, 0.25) is 0 Å². The smallest absolute Gasteiger partial charge is 0.128 e. The fourth-order valence-electron chi connectivity index (χ4n) is 3.65. The second kappa shape index (κ2) is 8.85. The molecular formula is C23H26N2O2. The van der Waals surface area contributed by atoms with Crippen molar-refractivity contribution in [1.29, 1.82) is 0 Å². The van der Waals surface area contributed by atoms with Crippen LogP contribution in [-0.2, 0) is 0 Å². The predicted molar refractivity (Wildman–Crippen MR) is 110 cm³/mol. The molecule has 2 atom stereocenters. The van der Waals surface area contributed by atoms with Crippen LogP contribution in [0.4, 0.5) is 0 Å². The molecule has 0 saturated heterocycles. The van der Waals surface area contributed by atoms with Gasteiger partial charge >= 0.3 is 0 Å². The molecule has 0 amide bonds. The van der Waals surface area contributed by atoms with Gasteiger partial charge in [-0.25, -0.2) is 0 Å². The number of nitrogens with zero attached hydrogens (tertiary/aromatic N) is 2. The number of aliphatic imine (C=N–C) groups is 2. The first-order valence-electron chi connectivity index (χ1n) is 9.90. The molecule has 1 aliphatic heterocycles. The highest BCUT2D eigenvalue weighted by Crippen LogP contribution is 2.26. The first-order valence-corrected chi connectivity index (χ1v) is 9.90. The van der Waals surface area contributed by atoms with E-state index in [-0.39, 0.29) is 12.1 Å². The fraction of sp³-hybridized carbons (Fsp3) is 0.391. The third kappa shape index (κ3) is 4.57. The molecule has 2 aromatic rings. The van der Waals surface area contributed by atoms with Gasteiger partial charge in [-0.2, -0.15) is 0 Å². The van der Waals surface area contributed by atoms with Gasteiger partial charge < -0.3 is 9.47 Å². The summed E-state index contributed by atoms with van der Waals surface area (Å²) in [6, 6.07) is 16.6. The molecule has 2 unspecified atom stereocenters. The van der Waals surface area contributed by atoms with Gasteiger partial charge in [0.25, 0.3) is 0 Å². The number of benzene rings is 2. The Hall–Kier alpha value is -2.62. The Kier molecular flexibility index (Phi) is 5.83. The summed E-state index contributed by atoms with van der Waals surface area (Å²) in [5, 5.41) is 0. The molecule has 2 aromatic carbocycles. The van der Waals surface area contributed by atoms with Crippen molar-refractivity contribution in [3.8, 4) is 11.5 Å². The van der Waals surface area contributed by atoms with Gasteiger partial charge in [0.15, 0.2) is 0 Å². The van der Waals surface area contributed by atoms with Gasteiger partial charge in [0, 0.05) is 30.0 Å². The number of rotatable bonds is 0. The minimum absolute atomic E-state index is 0.223. The molecule has 4 nitrogen and oxygen atoms in total. The minimum atomic E-state index is 0.223. The molecule has 4 heteroatoms. The van der Waals surface area contributed by atoms with Crippen molar-refractivity contribution in [2.24, 2.45) is 9.98 Å². The molecule has 27 heavy (non-hydrogen) atoms. The van der Waals surface area contributed by atoms with Crippen molar-refractivity contribution in [2.45, 2.75) is 44.2 Å². The normalized spacial score (nSPS) is 22.8. The number of hydrogen-bond acceptors (Lipinski definition) is 4. The van der Waals surface area contributed by atoms with Crippen LogP contribution < -0.4 is 9.47 Å². The molecule has 0 N–H and O–H groups in total. The molecular weight excluding hydrogens is 336 g/mol. The molecule has 0 bridgehead atoms. The Morgan fingerprint density at radius 3 is 1.63 bits per heavy atom. The van der Waals surface area contributed by atoms with Crippen molar-refractivity contribution in [3.63, 3.8) is 0 Å². The topological polar surface area (TPSA) is 43.2 Å². The maximum Gasteiger partial charge on any atom is 0.128 e. The van der Waals surface area contributed by atoms with Crippen LogP contribution in [0, 0.1) is 0 Å². The molecule has 1 saturated carbocycles. The Morgan fingerprint density at radius 2 is 1.11 bits per heavy atom. The van der Waals surface area contributed by atoms with Crippen LogP contribution in [-0.4, -0.2) is 37.7 Å². The average Bonchev–Trinajstić information content (AvgIpc) is 2.72. The first-order chi connectivity index (χ1) is 13.4. The van der Waals surface area contributed by atoms with Crippen LogP contribution in [0.15, 0.2) is 58.5 Å². The lowest BCUT2D eigenvalue weighted by atomic mass is 9.91. The van der Waals surface area contributed by atoms with Crippen LogP contribution in [0.25, 0.3) is 0 Å². The third-order valence-electron chi connectivity index (χ3n) is 5.15. The molecule has 4 rings (SSSR count). The highest BCUT2D eigenvalue weighted by molar-refractivity contribution is 5.84. The summed E-state index contributed by atoms with van der Waals surface area (Å²) >= 11 is 0. The summed E-state index contributed by atoms with van der Waals surface area (Å²) in [5.74, 6) is 1.76. The predicted octanol–water partition coefficient (Wildman–Crippen LogP) is 4.70. The second-order valence-electron chi connectivity index (χ2n) is 7.10. The molecule has 0 radical (unpaired) electrons. The monoisotopic (exact) mass is 362 g/mol. The largest absolute Gasteiger partial charge is 0.493 e. The van der Waals surface area contributed by atoms with E-state index in [4.69, 9.17) is 19.5 Å². The van der Waals surface area contributed by atoms with E-state index in [0.29, 0.717) is 13.2 Å². The summed E-state index contributed by atoms with van der Waals surface area (Å²) < 4.78 is 12.0. The van der Waals surface area contributed by atoms with Crippen LogP contribution in [0.5, 0.6) is 11.5 Å². The van der Waals surface area contributed by atoms with Crippen molar-refractivity contribution < 1.29 is 9.47 Å². The Balaban J connectivity index is 1.64. The second-order valence-corrected chi connectivity index (χ2v) is 7.10. The molecule has 0 aromatic heterocycles. The Morgan fingerprint density at radius 1 is 0.630 bits per heavy atom. The quantitative estimate of drug-likeness (QED) is 0.682. The SMILES string of the molecule is C1=NC2CCCCC2N=Cc2ccccc2OCCCOc2ccccc21. The van der Waals surface area contributed by atoms with E-state index in [9.17, 15) is 0 Å². The van der Waals surface area contributed by atoms with Gasteiger partial charge in [0.05, 0.1) is 25.3 Å². The Bertz CT molecular complexity index is 748. The lowest BCUT2D eigenvalue weighted by Gasteiger charge is -2.25. The fourth-order valence-corrected chi connectivity index (χ4v) is 3.65. The number of hydrogen-bond donors (Lipinski definition) is 0. The van der Waals surface area contributed by atoms with E-state index in [1.165, 1.54) is 12.8 Å². The van der Waals surface area contributed by atoms with Crippen LogP contribution in [0.1, 0.15) is 43.2 Å². The number of ether oxygens (including phenoxy) is 2. The number of fused-ring (bicyclic) bond motifs is 3. The summed E-state index contributed by atoms with van der Waals surface area (Å²) in [7, 11) is 0. The molecule has 0 spiro atoms. The van der Waals surface area contributed by atoms with Crippen molar-refractivity contribution >= 4 is 12.4 Å². The van der Waals surface area contributed by atoms with Crippen LogP contribution in [0.3, 0.4) is 0 Å². The molecule has 1 fully saturated rings. The highest BCUT2D eigenvalue weighted by Gasteiger charge is 2.23. The van der Waals surface area contributed by atoms with Gasteiger partial charge in [-0.3, -0.25) is 9.98 Å². The van der Waals surface area contributed by atoms with E-state index >= 15 is 0 Å². The zero-order valence-corrected chi connectivity index (χ0v) is 15.6. The zero-order chi connectivity index (χ0) is 18.3. The zero-order valence-electron chi connectivity index (χ0n) is 15.6. The molecule has 2 aliphatic rings. The van der Waals surface area contributed by atoms with E-state index in [0.717, 1.165) is 41.9 Å². The molecule has 1 aliphatic carbocycles. The maximum absolute atomic E-state index is 5.99. The lowest BCUT2D eigenvalue weighted by molar-refractivity contribution is 0.247. The van der Waals surface area contributed by atoms with Gasteiger partial charge in [-0.15, -0.1) is 0 Å². The first kappa shape index (κ1) is 17.8. The maximum atomic E-state index is 5.99. The summed E-state index contributed by atoms with van der Waals surface area (Å²) in [4.78, 5) is 9.81. The summed E-state index contributed by atoms with van der Waals surface area (Å²) in [6.45, 7) is 1.24. The van der Waals surface area contributed by atoms with Gasteiger partial charge in [-0.1, -0.05) is 37.1 Å².